The van der Waals surface area contributed by atoms with E-state index in [0.29, 0.717) is 11.3 Å². The molecule has 3 nitrogen and oxygen atoms in total. The summed E-state index contributed by atoms with van der Waals surface area (Å²) < 4.78 is 0. The van der Waals surface area contributed by atoms with E-state index in [9.17, 15) is 4.79 Å². The van der Waals surface area contributed by atoms with Crippen LogP contribution in [0.5, 0.6) is 0 Å². The third-order valence-electron chi connectivity index (χ3n) is 6.26. The summed E-state index contributed by atoms with van der Waals surface area (Å²) in [6, 6.07) is 9.04. The largest absolute Gasteiger partial charge is 0.481 e. The van der Waals surface area contributed by atoms with Gasteiger partial charge in [0, 0.05) is 0 Å². The Morgan fingerprint density at radius 3 is 2.23 bits per heavy atom. The van der Waals surface area contributed by atoms with Crippen molar-refractivity contribution in [3.8, 4) is 0 Å². The Morgan fingerprint density at radius 1 is 1.14 bits per heavy atom. The predicted octanol–water partition coefficient (Wildman–Crippen LogP) is 3.39. The molecule has 2 bridgehead atoms. The van der Waals surface area contributed by atoms with E-state index < -0.39 is 5.97 Å². The van der Waals surface area contributed by atoms with Crippen molar-refractivity contribution in [2.24, 2.45) is 5.92 Å². The third-order valence-corrected chi connectivity index (χ3v) is 6.26. The van der Waals surface area contributed by atoms with E-state index in [0.717, 1.165) is 0 Å². The third kappa shape index (κ3) is 2.56. The van der Waals surface area contributed by atoms with Gasteiger partial charge in [0.25, 0.3) is 0 Å². The summed E-state index contributed by atoms with van der Waals surface area (Å²) in [7, 11) is 0. The minimum absolute atomic E-state index is 0.220. The summed E-state index contributed by atoms with van der Waals surface area (Å²) in [5.74, 6) is 0.148. The van der Waals surface area contributed by atoms with Crippen molar-refractivity contribution in [1.29, 1.82) is 0 Å². The molecule has 118 valence electrons. The average molecular weight is 299 g/mol. The predicted molar refractivity (Wildman–Crippen MR) is 86.1 cm³/mol. The molecule has 4 fully saturated rings. The first-order valence-corrected chi connectivity index (χ1v) is 8.71. The number of carboxylic acids is 1. The maximum atomic E-state index is 11.1. The van der Waals surface area contributed by atoms with Gasteiger partial charge < -0.3 is 10.0 Å². The molecule has 0 radical (unpaired) electrons. The Balaban J connectivity index is 1.56. The minimum atomic E-state index is -0.667. The first kappa shape index (κ1) is 14.3. The molecule has 5 rings (SSSR count). The number of carboxylic acid groups (broad SMARTS) is 1. The van der Waals surface area contributed by atoms with Gasteiger partial charge in [-0.2, -0.15) is 0 Å². The van der Waals surface area contributed by atoms with Gasteiger partial charge in [-0.25, -0.2) is 0 Å². The second kappa shape index (κ2) is 5.38. The number of piperidine rings is 3. The van der Waals surface area contributed by atoms with Crippen molar-refractivity contribution in [3.05, 3.63) is 35.4 Å². The van der Waals surface area contributed by atoms with Crippen LogP contribution in [0, 0.1) is 5.92 Å². The molecule has 1 aromatic rings. The molecule has 0 amide bonds. The number of nitrogens with zero attached hydrogens (tertiary/aromatic N) is 1. The summed E-state index contributed by atoms with van der Waals surface area (Å²) in [5.41, 5.74) is 3.12. The lowest BCUT2D eigenvalue weighted by Gasteiger charge is -2.49. The Morgan fingerprint density at radius 2 is 1.73 bits per heavy atom. The highest BCUT2D eigenvalue weighted by Gasteiger charge is 2.40. The second-order valence-electron chi connectivity index (χ2n) is 7.54. The Bertz CT molecular complexity index is 540. The van der Waals surface area contributed by atoms with Crippen molar-refractivity contribution in [2.75, 3.05) is 19.6 Å². The number of benzene rings is 1. The number of hydrogen-bond donors (Lipinski definition) is 1. The SMILES string of the molecule is O=C(O)CC(c1ccc(C23CCN(CC2)CC3)cc1)C1CC1. The minimum Gasteiger partial charge on any atom is -0.481 e. The van der Waals surface area contributed by atoms with Gasteiger partial charge in [-0.15, -0.1) is 0 Å². The molecular formula is C19H25NO2. The van der Waals surface area contributed by atoms with Crippen molar-refractivity contribution in [2.45, 2.75) is 49.9 Å². The lowest BCUT2D eigenvalue weighted by Crippen LogP contribution is -2.50. The van der Waals surface area contributed by atoms with E-state index in [1.165, 1.54) is 62.9 Å². The molecule has 1 atom stereocenters. The zero-order chi connectivity index (χ0) is 15.2. The van der Waals surface area contributed by atoms with Crippen LogP contribution >= 0.6 is 0 Å². The maximum absolute atomic E-state index is 11.1. The van der Waals surface area contributed by atoms with Crippen LogP contribution in [0.4, 0.5) is 0 Å². The van der Waals surface area contributed by atoms with Gasteiger partial charge in [0.2, 0.25) is 0 Å². The van der Waals surface area contributed by atoms with E-state index in [1.54, 1.807) is 0 Å². The smallest absolute Gasteiger partial charge is 0.303 e. The number of aliphatic carboxylic acids is 1. The lowest BCUT2D eigenvalue weighted by molar-refractivity contribution is -0.137. The summed E-state index contributed by atoms with van der Waals surface area (Å²) in [5, 5.41) is 9.16. The van der Waals surface area contributed by atoms with Gasteiger partial charge in [-0.3, -0.25) is 4.79 Å². The summed E-state index contributed by atoms with van der Waals surface area (Å²) in [4.78, 5) is 13.7. The Hall–Kier alpha value is -1.35. The molecule has 1 aromatic carbocycles. The number of hydrogen-bond acceptors (Lipinski definition) is 2. The maximum Gasteiger partial charge on any atom is 0.303 e. The summed E-state index contributed by atoms with van der Waals surface area (Å²) in [6.45, 7) is 3.72. The number of fused-ring (bicyclic) bond motifs is 3. The average Bonchev–Trinajstić information content (AvgIpc) is 3.39. The van der Waals surface area contributed by atoms with Crippen LogP contribution in [0.15, 0.2) is 24.3 Å². The molecule has 1 saturated carbocycles. The van der Waals surface area contributed by atoms with Gasteiger partial charge in [0.1, 0.15) is 0 Å². The molecule has 22 heavy (non-hydrogen) atoms. The van der Waals surface area contributed by atoms with E-state index >= 15 is 0 Å². The topological polar surface area (TPSA) is 40.5 Å². The van der Waals surface area contributed by atoms with Crippen LogP contribution in [0.3, 0.4) is 0 Å². The normalized spacial score (nSPS) is 31.9. The van der Waals surface area contributed by atoms with Crippen molar-refractivity contribution < 1.29 is 9.90 Å². The highest BCUT2D eigenvalue weighted by atomic mass is 16.4. The molecule has 0 aromatic heterocycles. The zero-order valence-electron chi connectivity index (χ0n) is 13.1. The molecule has 4 aliphatic rings. The van der Waals surface area contributed by atoms with E-state index in [2.05, 4.69) is 29.2 Å². The molecule has 1 unspecified atom stereocenters. The molecule has 1 N–H and O–H groups in total. The molecule has 3 heteroatoms. The molecule has 0 spiro atoms. The fourth-order valence-corrected chi connectivity index (χ4v) is 4.59. The standard InChI is InChI=1S/C19H25NO2/c21-18(22)13-17(14-1-2-14)15-3-5-16(6-4-15)19-7-10-20(11-8-19)12-9-19/h3-6,14,17H,1-2,7-13H2,(H,21,22). The molecule has 1 aliphatic carbocycles. The highest BCUT2D eigenvalue weighted by molar-refractivity contribution is 5.68. The molecule has 3 aliphatic heterocycles. The number of rotatable bonds is 5. The van der Waals surface area contributed by atoms with Gasteiger partial charge in [-0.1, -0.05) is 24.3 Å². The quantitative estimate of drug-likeness (QED) is 0.906. The van der Waals surface area contributed by atoms with Crippen LogP contribution in [0.2, 0.25) is 0 Å². The summed E-state index contributed by atoms with van der Waals surface area (Å²) in [6.07, 6.45) is 6.53. The van der Waals surface area contributed by atoms with Crippen molar-refractivity contribution in [1.82, 2.24) is 4.90 Å². The van der Waals surface area contributed by atoms with E-state index in [1.807, 2.05) is 0 Å². The van der Waals surface area contributed by atoms with Gasteiger partial charge >= 0.3 is 5.97 Å². The van der Waals surface area contributed by atoms with Crippen LogP contribution < -0.4 is 0 Å². The molecule has 3 saturated heterocycles. The molecule has 3 heterocycles. The van der Waals surface area contributed by atoms with Crippen molar-refractivity contribution >= 4 is 5.97 Å². The van der Waals surface area contributed by atoms with Crippen LogP contribution in [-0.2, 0) is 10.2 Å². The second-order valence-corrected chi connectivity index (χ2v) is 7.54. The number of carbonyl (C=O) groups is 1. The van der Waals surface area contributed by atoms with Crippen LogP contribution in [-0.4, -0.2) is 35.6 Å². The lowest BCUT2D eigenvalue weighted by atomic mass is 9.67. The van der Waals surface area contributed by atoms with Crippen LogP contribution in [0.1, 0.15) is 55.6 Å². The van der Waals surface area contributed by atoms with E-state index in [4.69, 9.17) is 5.11 Å². The van der Waals surface area contributed by atoms with Gasteiger partial charge in [0.15, 0.2) is 0 Å². The monoisotopic (exact) mass is 299 g/mol. The first-order valence-electron chi connectivity index (χ1n) is 8.71. The zero-order valence-corrected chi connectivity index (χ0v) is 13.1. The fraction of sp³-hybridized carbons (Fsp3) is 0.632. The van der Waals surface area contributed by atoms with Crippen molar-refractivity contribution in [3.63, 3.8) is 0 Å². The molecular weight excluding hydrogens is 274 g/mol. The first-order chi connectivity index (χ1) is 10.7. The Labute approximate surface area is 132 Å². The fourth-order valence-electron chi connectivity index (χ4n) is 4.59. The van der Waals surface area contributed by atoms with Gasteiger partial charge in [-0.05, 0) is 80.1 Å². The van der Waals surface area contributed by atoms with Crippen LogP contribution in [0.25, 0.3) is 0 Å². The Kier molecular flexibility index (Phi) is 3.48. The van der Waals surface area contributed by atoms with Gasteiger partial charge in [0.05, 0.1) is 6.42 Å². The highest BCUT2D eigenvalue weighted by Crippen LogP contribution is 2.46. The summed E-state index contributed by atoms with van der Waals surface area (Å²) >= 11 is 0. The van der Waals surface area contributed by atoms with E-state index in [-0.39, 0.29) is 12.3 Å².